The smallest absolute Gasteiger partial charge is 0.141 e. The third-order valence-corrected chi connectivity index (χ3v) is 4.56. The molecule has 0 saturated heterocycles. The summed E-state index contributed by atoms with van der Waals surface area (Å²) in [5.74, 6) is 0.915. The maximum Gasteiger partial charge on any atom is 0.141 e. The van der Waals surface area contributed by atoms with Crippen LogP contribution in [0.3, 0.4) is 0 Å². The fraction of sp³-hybridized carbons (Fsp3) is 0.0500. The number of fused-ring (bicyclic) bond motifs is 2. The van der Waals surface area contributed by atoms with Crippen LogP contribution in [0.25, 0.3) is 33.5 Å². The first-order chi connectivity index (χ1) is 11.8. The molecule has 0 fully saturated rings. The number of benzene rings is 2. The Balaban J connectivity index is 1.81. The topological polar surface area (TPSA) is 54.5 Å². The number of hydrogen-bond donors (Lipinski definition) is 0. The Hall–Kier alpha value is -3.45. The molecule has 0 atom stereocenters. The van der Waals surface area contributed by atoms with E-state index in [0.717, 1.165) is 34.5 Å². The van der Waals surface area contributed by atoms with Gasteiger partial charge in [0.25, 0.3) is 0 Å². The Bertz CT molecular complexity index is 1130. The summed E-state index contributed by atoms with van der Waals surface area (Å²) < 4.78 is 2.25. The second-order valence-electron chi connectivity index (χ2n) is 5.92. The summed E-state index contributed by atoms with van der Waals surface area (Å²) in [4.78, 5) is 9.18. The van der Waals surface area contributed by atoms with Crippen molar-refractivity contribution in [1.82, 2.24) is 14.5 Å². The molecule has 0 N–H and O–H groups in total. The maximum absolute atomic E-state index is 8.99. The van der Waals surface area contributed by atoms with E-state index in [0.29, 0.717) is 5.56 Å². The predicted molar refractivity (Wildman–Crippen MR) is 92.2 cm³/mol. The molecule has 24 heavy (non-hydrogen) atoms. The van der Waals surface area contributed by atoms with Crippen LogP contribution in [0.5, 0.6) is 0 Å². The summed E-state index contributed by atoms with van der Waals surface area (Å²) in [5.41, 5.74) is 7.32. The minimum Gasteiger partial charge on any atom is -0.319 e. The van der Waals surface area contributed by atoms with Crippen molar-refractivity contribution in [3.63, 3.8) is 0 Å². The zero-order valence-corrected chi connectivity index (χ0v) is 12.8. The van der Waals surface area contributed by atoms with Gasteiger partial charge in [0.2, 0.25) is 0 Å². The van der Waals surface area contributed by atoms with E-state index in [9.17, 15) is 0 Å². The fourth-order valence-electron chi connectivity index (χ4n) is 3.45. The molecule has 4 aromatic rings. The molecule has 4 heteroatoms. The van der Waals surface area contributed by atoms with Crippen molar-refractivity contribution in [3.8, 4) is 28.6 Å². The molecule has 4 nitrogen and oxygen atoms in total. The number of pyridine rings is 1. The van der Waals surface area contributed by atoms with Crippen LogP contribution in [-0.2, 0) is 6.54 Å². The number of imidazole rings is 1. The van der Waals surface area contributed by atoms with Gasteiger partial charge in [-0.25, -0.2) is 4.98 Å². The quantitative estimate of drug-likeness (QED) is 0.470. The van der Waals surface area contributed by atoms with Gasteiger partial charge in [0.05, 0.1) is 29.9 Å². The first kappa shape index (κ1) is 13.0. The van der Waals surface area contributed by atoms with Gasteiger partial charge in [0.15, 0.2) is 0 Å². The minimum absolute atomic E-state index is 0.654. The number of rotatable bonds is 1. The SMILES string of the molecule is N#Cc1ccc(-c2nc3cncc4c3n2Cc2ccccc2-4)cc1. The first-order valence-electron chi connectivity index (χ1n) is 7.78. The Morgan fingerprint density at radius 3 is 2.62 bits per heavy atom. The molecule has 2 aromatic carbocycles. The van der Waals surface area contributed by atoms with E-state index in [2.05, 4.69) is 39.9 Å². The largest absolute Gasteiger partial charge is 0.319 e. The molecule has 0 aliphatic carbocycles. The average Bonchev–Trinajstić information content (AvgIpc) is 3.02. The van der Waals surface area contributed by atoms with E-state index in [1.54, 1.807) is 0 Å². The third kappa shape index (κ3) is 1.73. The highest BCUT2D eigenvalue weighted by Gasteiger charge is 2.22. The van der Waals surface area contributed by atoms with Gasteiger partial charge in [-0.15, -0.1) is 0 Å². The first-order valence-corrected chi connectivity index (χ1v) is 7.78. The van der Waals surface area contributed by atoms with Crippen molar-refractivity contribution < 1.29 is 0 Å². The lowest BCUT2D eigenvalue weighted by Gasteiger charge is -2.20. The molecule has 0 saturated carbocycles. The van der Waals surface area contributed by atoms with Crippen LogP contribution < -0.4 is 0 Å². The van der Waals surface area contributed by atoms with Crippen molar-refractivity contribution in [3.05, 3.63) is 72.1 Å². The number of aromatic nitrogens is 3. The Morgan fingerprint density at radius 1 is 0.958 bits per heavy atom. The van der Waals surface area contributed by atoms with Gasteiger partial charge in [-0.2, -0.15) is 5.26 Å². The zero-order valence-electron chi connectivity index (χ0n) is 12.8. The second kappa shape index (κ2) is 4.77. The van der Waals surface area contributed by atoms with E-state index in [4.69, 9.17) is 10.2 Å². The summed E-state index contributed by atoms with van der Waals surface area (Å²) in [5, 5.41) is 8.99. The van der Waals surface area contributed by atoms with Gasteiger partial charge in [0.1, 0.15) is 11.3 Å². The van der Waals surface area contributed by atoms with Gasteiger partial charge in [-0.05, 0) is 35.4 Å². The summed E-state index contributed by atoms with van der Waals surface area (Å²) in [7, 11) is 0. The molecule has 1 aliphatic heterocycles. The van der Waals surface area contributed by atoms with E-state index in [1.807, 2.05) is 36.7 Å². The van der Waals surface area contributed by atoms with Crippen LogP contribution >= 0.6 is 0 Å². The molecule has 3 heterocycles. The van der Waals surface area contributed by atoms with Crippen LogP contribution in [0.4, 0.5) is 0 Å². The molecule has 0 radical (unpaired) electrons. The Kier molecular flexibility index (Phi) is 2.59. The third-order valence-electron chi connectivity index (χ3n) is 4.56. The van der Waals surface area contributed by atoms with Crippen molar-refractivity contribution >= 4 is 11.0 Å². The normalized spacial score (nSPS) is 12.0. The van der Waals surface area contributed by atoms with Gasteiger partial charge >= 0.3 is 0 Å². The van der Waals surface area contributed by atoms with Crippen molar-refractivity contribution in [2.24, 2.45) is 0 Å². The van der Waals surface area contributed by atoms with Gasteiger partial charge in [-0.1, -0.05) is 24.3 Å². The summed E-state index contributed by atoms with van der Waals surface area (Å²) >= 11 is 0. The van der Waals surface area contributed by atoms with Crippen LogP contribution in [0.2, 0.25) is 0 Å². The molecule has 2 aromatic heterocycles. The van der Waals surface area contributed by atoms with Crippen molar-refractivity contribution in [2.75, 3.05) is 0 Å². The Morgan fingerprint density at radius 2 is 1.79 bits per heavy atom. The van der Waals surface area contributed by atoms with Crippen LogP contribution in [0, 0.1) is 11.3 Å². The number of nitriles is 1. The van der Waals surface area contributed by atoms with E-state index >= 15 is 0 Å². The van der Waals surface area contributed by atoms with Gasteiger partial charge in [-0.3, -0.25) is 4.98 Å². The monoisotopic (exact) mass is 308 g/mol. The number of hydrogen-bond acceptors (Lipinski definition) is 3. The summed E-state index contributed by atoms with van der Waals surface area (Å²) in [6.07, 6.45) is 3.73. The van der Waals surface area contributed by atoms with Crippen LogP contribution in [0.15, 0.2) is 60.9 Å². The maximum atomic E-state index is 8.99. The van der Waals surface area contributed by atoms with Gasteiger partial charge < -0.3 is 4.57 Å². The summed E-state index contributed by atoms with van der Waals surface area (Å²) in [6, 6.07) is 18.2. The number of nitrogens with zero attached hydrogens (tertiary/aromatic N) is 4. The second-order valence-corrected chi connectivity index (χ2v) is 5.92. The predicted octanol–water partition coefficient (Wildman–Crippen LogP) is 4.00. The van der Waals surface area contributed by atoms with E-state index in [-0.39, 0.29) is 0 Å². The molecule has 0 spiro atoms. The standard InChI is InChI=1S/C20H12N4/c21-9-13-5-7-14(8-6-13)20-23-18-11-22-10-17-16-4-2-1-3-15(16)12-24(20)19(17)18/h1-8,10-11H,12H2. The summed E-state index contributed by atoms with van der Waals surface area (Å²) in [6.45, 7) is 0.791. The molecular formula is C20H12N4. The molecular weight excluding hydrogens is 296 g/mol. The highest BCUT2D eigenvalue weighted by Crippen LogP contribution is 2.38. The lowest BCUT2D eigenvalue weighted by Crippen LogP contribution is -2.08. The lowest BCUT2D eigenvalue weighted by molar-refractivity contribution is 0.827. The van der Waals surface area contributed by atoms with Crippen LogP contribution in [0.1, 0.15) is 11.1 Å². The molecule has 0 unspecified atom stereocenters. The molecule has 1 aliphatic rings. The van der Waals surface area contributed by atoms with E-state index < -0.39 is 0 Å². The van der Waals surface area contributed by atoms with E-state index in [1.165, 1.54) is 11.1 Å². The molecule has 0 amide bonds. The minimum atomic E-state index is 0.654. The zero-order chi connectivity index (χ0) is 16.1. The highest BCUT2D eigenvalue weighted by atomic mass is 15.1. The average molecular weight is 308 g/mol. The van der Waals surface area contributed by atoms with Gasteiger partial charge in [0, 0.05) is 17.3 Å². The molecule has 112 valence electrons. The molecule has 0 bridgehead atoms. The van der Waals surface area contributed by atoms with Crippen molar-refractivity contribution in [1.29, 1.82) is 5.26 Å². The Labute approximate surface area is 138 Å². The lowest BCUT2D eigenvalue weighted by atomic mass is 9.97. The van der Waals surface area contributed by atoms with Crippen molar-refractivity contribution in [2.45, 2.75) is 6.54 Å². The highest BCUT2D eigenvalue weighted by molar-refractivity contribution is 5.96. The van der Waals surface area contributed by atoms with Crippen LogP contribution in [-0.4, -0.2) is 14.5 Å². The molecule has 5 rings (SSSR count). The fourth-order valence-corrected chi connectivity index (χ4v) is 3.45.